The highest BCUT2D eigenvalue weighted by Crippen LogP contribution is 2.32. The zero-order valence-corrected chi connectivity index (χ0v) is 15.8. The molecule has 142 valence electrons. The second-order valence-corrected chi connectivity index (χ2v) is 9.31. The SMILES string of the molecule is CS(=O)(=O)Nc1ccc(N)cc1S(=O)(=O)Nc1cccc2c(O)cccc12. The first-order chi connectivity index (χ1) is 12.6. The van der Waals surface area contributed by atoms with Crippen LogP contribution in [-0.2, 0) is 20.0 Å². The molecule has 0 radical (unpaired) electrons. The maximum Gasteiger partial charge on any atom is 0.264 e. The van der Waals surface area contributed by atoms with Crippen LogP contribution in [0.3, 0.4) is 0 Å². The summed E-state index contributed by atoms with van der Waals surface area (Å²) < 4.78 is 53.6. The van der Waals surface area contributed by atoms with Crippen LogP contribution < -0.4 is 15.2 Å². The van der Waals surface area contributed by atoms with Crippen molar-refractivity contribution >= 4 is 47.9 Å². The Morgan fingerprint density at radius 2 is 1.52 bits per heavy atom. The van der Waals surface area contributed by atoms with Gasteiger partial charge in [-0.2, -0.15) is 0 Å². The molecule has 0 aliphatic rings. The third kappa shape index (κ3) is 4.07. The lowest BCUT2D eigenvalue weighted by Gasteiger charge is -2.15. The number of sulfonamides is 2. The van der Waals surface area contributed by atoms with Crippen molar-refractivity contribution in [3.63, 3.8) is 0 Å². The van der Waals surface area contributed by atoms with Gasteiger partial charge in [-0.25, -0.2) is 16.8 Å². The molecule has 0 bridgehead atoms. The lowest BCUT2D eigenvalue weighted by Crippen LogP contribution is -2.18. The first-order valence-electron chi connectivity index (χ1n) is 7.68. The Morgan fingerprint density at radius 3 is 2.22 bits per heavy atom. The normalized spacial score (nSPS) is 12.0. The lowest BCUT2D eigenvalue weighted by atomic mass is 10.1. The van der Waals surface area contributed by atoms with Gasteiger partial charge in [0.2, 0.25) is 10.0 Å². The molecule has 0 heterocycles. The number of phenolic OH excluding ortho intramolecular Hbond substituents is 1. The van der Waals surface area contributed by atoms with Gasteiger partial charge in [0, 0.05) is 16.5 Å². The molecule has 10 heteroatoms. The Balaban J connectivity index is 2.12. The number of hydrogen-bond donors (Lipinski definition) is 4. The minimum atomic E-state index is -4.18. The summed E-state index contributed by atoms with van der Waals surface area (Å²) >= 11 is 0. The molecule has 3 aromatic carbocycles. The fourth-order valence-corrected chi connectivity index (χ4v) is 4.55. The largest absolute Gasteiger partial charge is 0.507 e. The lowest BCUT2D eigenvalue weighted by molar-refractivity contribution is 0.481. The molecule has 0 spiro atoms. The van der Waals surface area contributed by atoms with E-state index < -0.39 is 20.0 Å². The quantitative estimate of drug-likeness (QED) is 0.479. The van der Waals surface area contributed by atoms with Crippen molar-refractivity contribution in [1.29, 1.82) is 0 Å². The van der Waals surface area contributed by atoms with Gasteiger partial charge in [-0.05, 0) is 30.3 Å². The van der Waals surface area contributed by atoms with Gasteiger partial charge in [0.15, 0.2) is 0 Å². The number of nitrogen functional groups attached to an aromatic ring is 1. The number of phenols is 1. The third-order valence-corrected chi connectivity index (χ3v) is 5.73. The average Bonchev–Trinajstić information content (AvgIpc) is 2.56. The highest BCUT2D eigenvalue weighted by atomic mass is 32.2. The Bertz CT molecular complexity index is 1240. The van der Waals surface area contributed by atoms with E-state index in [1.165, 1.54) is 30.3 Å². The molecule has 0 aliphatic carbocycles. The van der Waals surface area contributed by atoms with Crippen molar-refractivity contribution < 1.29 is 21.9 Å². The smallest absolute Gasteiger partial charge is 0.264 e. The maximum atomic E-state index is 12.9. The summed E-state index contributed by atoms with van der Waals surface area (Å²) in [6.07, 6.45) is 0.917. The van der Waals surface area contributed by atoms with Crippen molar-refractivity contribution in [2.75, 3.05) is 21.4 Å². The first-order valence-corrected chi connectivity index (χ1v) is 11.1. The number of nitrogens with one attached hydrogen (secondary N) is 2. The zero-order chi connectivity index (χ0) is 19.8. The molecule has 0 aromatic heterocycles. The van der Waals surface area contributed by atoms with Crippen LogP contribution >= 0.6 is 0 Å². The van der Waals surface area contributed by atoms with Crippen LogP contribution in [0.15, 0.2) is 59.5 Å². The van der Waals surface area contributed by atoms with Crippen molar-refractivity contribution in [3.8, 4) is 5.75 Å². The molecule has 8 nitrogen and oxygen atoms in total. The first kappa shape index (κ1) is 18.8. The number of benzene rings is 3. The van der Waals surface area contributed by atoms with E-state index in [4.69, 9.17) is 5.73 Å². The molecule has 5 N–H and O–H groups in total. The van der Waals surface area contributed by atoms with E-state index in [0.717, 1.165) is 6.26 Å². The molecule has 27 heavy (non-hydrogen) atoms. The van der Waals surface area contributed by atoms with Crippen LogP contribution in [0.4, 0.5) is 17.1 Å². The Labute approximate surface area is 156 Å². The Kier molecular flexibility index (Phi) is 4.62. The van der Waals surface area contributed by atoms with Crippen molar-refractivity contribution in [3.05, 3.63) is 54.6 Å². The molecule has 3 aromatic rings. The van der Waals surface area contributed by atoms with Gasteiger partial charge in [-0.15, -0.1) is 0 Å². The fourth-order valence-electron chi connectivity index (χ4n) is 2.63. The summed E-state index contributed by atoms with van der Waals surface area (Å²) in [5.74, 6) is 0.0111. The van der Waals surface area contributed by atoms with E-state index in [2.05, 4.69) is 9.44 Å². The number of fused-ring (bicyclic) bond motifs is 1. The summed E-state index contributed by atoms with van der Waals surface area (Å²) in [5.41, 5.74) is 5.96. The molecule has 0 amide bonds. The summed E-state index contributed by atoms with van der Waals surface area (Å²) in [4.78, 5) is -0.315. The minimum absolute atomic E-state index is 0.0111. The second-order valence-electron chi connectivity index (χ2n) is 5.91. The molecule has 0 aliphatic heterocycles. The number of anilines is 3. The van der Waals surface area contributed by atoms with Gasteiger partial charge >= 0.3 is 0 Å². The third-order valence-electron chi connectivity index (χ3n) is 3.73. The summed E-state index contributed by atoms with van der Waals surface area (Å²) in [7, 11) is -7.88. The molecule has 0 fully saturated rings. The zero-order valence-electron chi connectivity index (χ0n) is 14.2. The van der Waals surface area contributed by atoms with E-state index in [9.17, 15) is 21.9 Å². The van der Waals surface area contributed by atoms with Gasteiger partial charge in [0.25, 0.3) is 10.0 Å². The molecule has 0 saturated carbocycles. The highest BCUT2D eigenvalue weighted by Gasteiger charge is 2.22. The monoisotopic (exact) mass is 407 g/mol. The van der Waals surface area contributed by atoms with E-state index >= 15 is 0 Å². The standard InChI is InChI=1S/C17H17N3O5S2/c1-26(22,23)19-15-9-8-11(18)10-17(15)27(24,25)20-14-6-2-5-13-12(14)4-3-7-16(13)21/h2-10,19-21H,18H2,1H3. The van der Waals surface area contributed by atoms with Gasteiger partial charge in [-0.3, -0.25) is 9.44 Å². The summed E-state index contributed by atoms with van der Waals surface area (Å²) in [5, 5.41) is 10.9. The van der Waals surface area contributed by atoms with Gasteiger partial charge in [0.1, 0.15) is 10.6 Å². The van der Waals surface area contributed by atoms with Crippen molar-refractivity contribution in [1.82, 2.24) is 0 Å². The van der Waals surface area contributed by atoms with Crippen LogP contribution in [0.5, 0.6) is 5.75 Å². The molecular formula is C17H17N3O5S2. The van der Waals surface area contributed by atoms with Crippen LogP contribution in [-0.4, -0.2) is 28.2 Å². The number of nitrogens with two attached hydrogens (primary N) is 1. The number of hydrogen-bond acceptors (Lipinski definition) is 6. The predicted octanol–water partition coefficient (Wildman–Crippen LogP) is 2.30. The molecule has 0 saturated heterocycles. The van der Waals surface area contributed by atoms with Crippen LogP contribution in [0.25, 0.3) is 10.8 Å². The molecule has 0 unspecified atom stereocenters. The minimum Gasteiger partial charge on any atom is -0.507 e. The Hall–Kier alpha value is -2.98. The number of rotatable bonds is 5. The summed E-state index contributed by atoms with van der Waals surface area (Å²) in [6.45, 7) is 0. The van der Waals surface area contributed by atoms with Gasteiger partial charge in [-0.1, -0.05) is 24.3 Å². The number of aromatic hydroxyl groups is 1. The van der Waals surface area contributed by atoms with E-state index in [1.807, 2.05) is 0 Å². The fraction of sp³-hybridized carbons (Fsp3) is 0.0588. The van der Waals surface area contributed by atoms with Crippen LogP contribution in [0, 0.1) is 0 Å². The average molecular weight is 407 g/mol. The molecule has 0 atom stereocenters. The predicted molar refractivity (Wildman–Crippen MR) is 106 cm³/mol. The van der Waals surface area contributed by atoms with Crippen LogP contribution in [0.1, 0.15) is 0 Å². The van der Waals surface area contributed by atoms with E-state index in [0.29, 0.717) is 10.8 Å². The van der Waals surface area contributed by atoms with Gasteiger partial charge in [0.05, 0.1) is 17.6 Å². The van der Waals surface area contributed by atoms with Crippen LogP contribution in [0.2, 0.25) is 0 Å². The second kappa shape index (κ2) is 6.63. The van der Waals surface area contributed by atoms with E-state index in [1.54, 1.807) is 24.3 Å². The van der Waals surface area contributed by atoms with Crippen molar-refractivity contribution in [2.45, 2.75) is 4.90 Å². The molecular weight excluding hydrogens is 390 g/mol. The molecule has 3 rings (SSSR count). The topological polar surface area (TPSA) is 139 Å². The maximum absolute atomic E-state index is 12.9. The highest BCUT2D eigenvalue weighted by molar-refractivity contribution is 7.93. The van der Waals surface area contributed by atoms with Crippen molar-refractivity contribution in [2.24, 2.45) is 0 Å². The van der Waals surface area contributed by atoms with E-state index in [-0.39, 0.29) is 27.7 Å². The Morgan fingerprint density at radius 1 is 0.852 bits per heavy atom. The van der Waals surface area contributed by atoms with Gasteiger partial charge < -0.3 is 10.8 Å². The summed E-state index contributed by atoms with van der Waals surface area (Å²) in [6, 6.07) is 13.4.